The molecule has 0 saturated carbocycles. The van der Waals surface area contributed by atoms with E-state index in [0.717, 1.165) is 29.3 Å². The predicted octanol–water partition coefficient (Wildman–Crippen LogP) is 3.01. The third kappa shape index (κ3) is 5.33. The van der Waals surface area contributed by atoms with E-state index < -0.39 is 0 Å². The predicted molar refractivity (Wildman–Crippen MR) is 112 cm³/mol. The number of fused-ring (bicyclic) bond motifs is 1. The number of nitrogens with zero attached hydrogens (tertiary/aromatic N) is 1. The Balaban J connectivity index is 1.63. The molecule has 6 nitrogen and oxygen atoms in total. The first-order valence-corrected chi connectivity index (χ1v) is 9.67. The molecule has 0 aliphatic carbocycles. The van der Waals surface area contributed by atoms with Crippen molar-refractivity contribution in [3.05, 3.63) is 65.2 Å². The van der Waals surface area contributed by atoms with Gasteiger partial charge in [0, 0.05) is 38.2 Å². The van der Waals surface area contributed by atoms with Crippen LogP contribution in [0.3, 0.4) is 0 Å². The van der Waals surface area contributed by atoms with Gasteiger partial charge in [-0.3, -0.25) is 4.79 Å². The fraction of sp³-hybridized carbons (Fsp3) is 0.364. The number of aliphatic imine (C=N–C) groups is 1. The van der Waals surface area contributed by atoms with Crippen LogP contribution in [-0.2, 0) is 22.7 Å². The van der Waals surface area contributed by atoms with Crippen LogP contribution in [-0.4, -0.2) is 32.1 Å². The zero-order valence-corrected chi connectivity index (χ0v) is 16.5. The smallest absolute Gasteiger partial charge is 0.225 e. The summed E-state index contributed by atoms with van der Waals surface area (Å²) in [7, 11) is 1.70. The quantitative estimate of drug-likeness (QED) is 0.510. The number of ether oxygens (including phenoxy) is 1. The number of methoxy groups -OCH3 is 1. The Hall–Kier alpha value is -2.86. The van der Waals surface area contributed by atoms with Crippen LogP contribution in [0.1, 0.15) is 36.0 Å². The molecule has 1 unspecified atom stereocenters. The molecule has 0 bridgehead atoms. The second kappa shape index (κ2) is 9.90. The van der Waals surface area contributed by atoms with Gasteiger partial charge in [0.15, 0.2) is 5.96 Å². The summed E-state index contributed by atoms with van der Waals surface area (Å²) in [6, 6.07) is 16.2. The highest BCUT2D eigenvalue weighted by Gasteiger charge is 2.24. The highest BCUT2D eigenvalue weighted by atomic mass is 16.5. The lowest BCUT2D eigenvalue weighted by atomic mass is 9.90. The highest BCUT2D eigenvalue weighted by Crippen LogP contribution is 2.31. The molecule has 0 radical (unpaired) electrons. The van der Waals surface area contributed by atoms with Gasteiger partial charge in [0.1, 0.15) is 0 Å². The van der Waals surface area contributed by atoms with E-state index in [1.165, 1.54) is 5.56 Å². The van der Waals surface area contributed by atoms with Gasteiger partial charge in [0.2, 0.25) is 5.91 Å². The van der Waals surface area contributed by atoms with Crippen molar-refractivity contribution in [1.29, 1.82) is 0 Å². The number of para-hydroxylation sites is 1. The molecule has 0 fully saturated rings. The molecule has 1 amide bonds. The summed E-state index contributed by atoms with van der Waals surface area (Å²) in [5.74, 6) is 0.942. The number of hydrogen-bond donors (Lipinski definition) is 3. The fourth-order valence-electron chi connectivity index (χ4n) is 3.32. The molecule has 1 heterocycles. The highest BCUT2D eigenvalue weighted by molar-refractivity contribution is 5.94. The standard InChI is InChI=1S/C22H28N4O2/c1-3-23-22(24-13-16-8-10-17(11-9-16)15-28-2)25-14-18-12-21(27)26-20-7-5-4-6-19(18)20/h4-11,18H,3,12-15H2,1-2H3,(H,26,27)(H2,23,24,25). The Kier molecular flexibility index (Phi) is 7.03. The van der Waals surface area contributed by atoms with Gasteiger partial charge in [0.05, 0.1) is 13.2 Å². The minimum Gasteiger partial charge on any atom is -0.380 e. The summed E-state index contributed by atoms with van der Waals surface area (Å²) >= 11 is 0. The van der Waals surface area contributed by atoms with Crippen molar-refractivity contribution in [3.63, 3.8) is 0 Å². The Bertz CT molecular complexity index is 818. The second-order valence-electron chi connectivity index (χ2n) is 6.86. The Morgan fingerprint density at radius 2 is 1.89 bits per heavy atom. The minimum atomic E-state index is 0.0589. The number of amides is 1. The van der Waals surface area contributed by atoms with E-state index in [4.69, 9.17) is 4.74 Å². The van der Waals surface area contributed by atoms with Gasteiger partial charge in [-0.25, -0.2) is 4.99 Å². The van der Waals surface area contributed by atoms with Crippen molar-refractivity contribution in [1.82, 2.24) is 10.6 Å². The summed E-state index contributed by atoms with van der Waals surface area (Å²) in [5, 5.41) is 9.61. The molecule has 1 atom stereocenters. The molecular weight excluding hydrogens is 352 g/mol. The molecule has 1 aliphatic rings. The van der Waals surface area contributed by atoms with Gasteiger partial charge in [-0.05, 0) is 29.7 Å². The maximum atomic E-state index is 12.0. The number of anilines is 1. The molecule has 28 heavy (non-hydrogen) atoms. The lowest BCUT2D eigenvalue weighted by molar-refractivity contribution is -0.116. The van der Waals surface area contributed by atoms with Crippen molar-refractivity contribution < 1.29 is 9.53 Å². The average Bonchev–Trinajstić information content (AvgIpc) is 2.71. The second-order valence-corrected chi connectivity index (χ2v) is 6.86. The number of rotatable bonds is 7. The van der Waals surface area contributed by atoms with Gasteiger partial charge >= 0.3 is 0 Å². The molecule has 2 aromatic carbocycles. The van der Waals surface area contributed by atoms with Gasteiger partial charge in [0.25, 0.3) is 0 Å². The topological polar surface area (TPSA) is 74.8 Å². The molecular formula is C22H28N4O2. The van der Waals surface area contributed by atoms with Crippen molar-refractivity contribution in [3.8, 4) is 0 Å². The number of benzene rings is 2. The fourth-order valence-corrected chi connectivity index (χ4v) is 3.32. The molecule has 0 saturated heterocycles. The van der Waals surface area contributed by atoms with Crippen LogP contribution >= 0.6 is 0 Å². The van der Waals surface area contributed by atoms with Crippen molar-refractivity contribution >= 4 is 17.6 Å². The monoisotopic (exact) mass is 380 g/mol. The Morgan fingerprint density at radius 3 is 2.64 bits per heavy atom. The lowest BCUT2D eigenvalue weighted by Crippen LogP contribution is -2.40. The van der Waals surface area contributed by atoms with Crippen molar-refractivity contribution in [2.24, 2.45) is 4.99 Å². The van der Waals surface area contributed by atoms with Crippen molar-refractivity contribution in [2.75, 3.05) is 25.5 Å². The number of guanidine groups is 1. The first-order valence-electron chi connectivity index (χ1n) is 9.67. The zero-order chi connectivity index (χ0) is 19.8. The summed E-state index contributed by atoms with van der Waals surface area (Å²) in [6.07, 6.45) is 0.477. The first kappa shape index (κ1) is 19.9. The third-order valence-electron chi connectivity index (χ3n) is 4.72. The van der Waals surface area contributed by atoms with E-state index in [1.54, 1.807) is 7.11 Å². The molecule has 2 aromatic rings. The van der Waals surface area contributed by atoms with E-state index >= 15 is 0 Å². The maximum Gasteiger partial charge on any atom is 0.225 e. The normalized spacial score (nSPS) is 16.3. The zero-order valence-electron chi connectivity index (χ0n) is 16.5. The van der Waals surface area contributed by atoms with E-state index in [9.17, 15) is 4.79 Å². The van der Waals surface area contributed by atoms with Gasteiger partial charge in [-0.2, -0.15) is 0 Å². The summed E-state index contributed by atoms with van der Waals surface area (Å²) in [4.78, 5) is 16.7. The Labute approximate surface area is 166 Å². The Morgan fingerprint density at radius 1 is 1.14 bits per heavy atom. The molecule has 3 N–H and O–H groups in total. The molecule has 6 heteroatoms. The van der Waals surface area contributed by atoms with E-state index in [1.807, 2.05) is 25.1 Å². The SMILES string of the molecule is CCNC(=NCc1ccc(COC)cc1)NCC1CC(=O)Nc2ccccc21. The number of hydrogen-bond acceptors (Lipinski definition) is 3. The number of carbonyl (C=O) groups excluding carboxylic acids is 1. The van der Waals surface area contributed by atoms with Crippen LogP contribution < -0.4 is 16.0 Å². The molecule has 0 aromatic heterocycles. The van der Waals surface area contributed by atoms with Crippen LogP contribution in [0.2, 0.25) is 0 Å². The first-order chi connectivity index (χ1) is 13.7. The van der Waals surface area contributed by atoms with Gasteiger partial charge < -0.3 is 20.7 Å². The maximum absolute atomic E-state index is 12.0. The van der Waals surface area contributed by atoms with Gasteiger partial charge in [-0.1, -0.05) is 42.5 Å². The molecule has 1 aliphatic heterocycles. The van der Waals surface area contributed by atoms with Crippen LogP contribution in [0.5, 0.6) is 0 Å². The van der Waals surface area contributed by atoms with Crippen LogP contribution in [0, 0.1) is 0 Å². The van der Waals surface area contributed by atoms with E-state index in [0.29, 0.717) is 26.1 Å². The summed E-state index contributed by atoms with van der Waals surface area (Å²) < 4.78 is 5.14. The lowest BCUT2D eigenvalue weighted by Gasteiger charge is -2.26. The number of nitrogens with one attached hydrogen (secondary N) is 3. The summed E-state index contributed by atoms with van der Waals surface area (Å²) in [6.45, 7) is 4.68. The van der Waals surface area contributed by atoms with Gasteiger partial charge in [-0.15, -0.1) is 0 Å². The molecule has 148 valence electrons. The van der Waals surface area contributed by atoms with Crippen LogP contribution in [0.15, 0.2) is 53.5 Å². The van der Waals surface area contributed by atoms with E-state index in [-0.39, 0.29) is 11.8 Å². The molecule has 0 spiro atoms. The van der Waals surface area contributed by atoms with Crippen molar-refractivity contribution in [2.45, 2.75) is 32.4 Å². The van der Waals surface area contributed by atoms with E-state index in [2.05, 4.69) is 51.3 Å². The summed E-state index contributed by atoms with van der Waals surface area (Å²) in [5.41, 5.74) is 4.36. The van der Waals surface area contributed by atoms with Crippen LogP contribution in [0.25, 0.3) is 0 Å². The third-order valence-corrected chi connectivity index (χ3v) is 4.72. The molecule has 3 rings (SSSR count). The number of carbonyl (C=O) groups is 1. The van der Waals surface area contributed by atoms with Crippen LogP contribution in [0.4, 0.5) is 5.69 Å². The minimum absolute atomic E-state index is 0.0589. The largest absolute Gasteiger partial charge is 0.380 e. The average molecular weight is 380 g/mol.